The van der Waals surface area contributed by atoms with Crippen molar-refractivity contribution < 1.29 is 0 Å². The van der Waals surface area contributed by atoms with Crippen LogP contribution in [0.2, 0.25) is 0 Å². The summed E-state index contributed by atoms with van der Waals surface area (Å²) in [5, 5.41) is 8.05. The summed E-state index contributed by atoms with van der Waals surface area (Å²) in [6.45, 7) is 2.27. The topological polar surface area (TPSA) is 36.4 Å². The lowest BCUT2D eigenvalue weighted by Crippen LogP contribution is -2.26. The second-order valence-electron chi connectivity index (χ2n) is 4.81. The minimum absolute atomic E-state index is 0.548. The molecule has 0 unspecified atom stereocenters. The van der Waals surface area contributed by atoms with Crippen molar-refractivity contribution in [2.45, 2.75) is 32.6 Å². The molecule has 0 amide bonds. The van der Waals surface area contributed by atoms with Gasteiger partial charge in [-0.1, -0.05) is 25.1 Å². The molecular weight excluding hydrogens is 242 g/mol. The zero-order valence-electron chi connectivity index (χ0n) is 10.6. The standard InChI is InChI=1S/C14H19N3S/c1-11-6-5-9-13(10-11)16-17-14(18)15-12-7-3-2-4-8-12/h2-4,7-8,11H,5-6,9-10H2,1H3,(H2,15,17,18)/b16-13-/t11-/m1/s1. The van der Waals surface area contributed by atoms with Crippen molar-refractivity contribution in [3.05, 3.63) is 30.3 Å². The highest BCUT2D eigenvalue weighted by Gasteiger charge is 2.13. The largest absolute Gasteiger partial charge is 0.331 e. The van der Waals surface area contributed by atoms with Gasteiger partial charge in [-0.15, -0.1) is 0 Å². The van der Waals surface area contributed by atoms with Crippen LogP contribution in [0, 0.1) is 5.92 Å². The van der Waals surface area contributed by atoms with E-state index in [1.54, 1.807) is 0 Å². The van der Waals surface area contributed by atoms with E-state index in [-0.39, 0.29) is 0 Å². The maximum Gasteiger partial charge on any atom is 0.191 e. The number of hydrazone groups is 1. The molecule has 0 heterocycles. The number of hydrogen-bond donors (Lipinski definition) is 2. The first-order valence-electron chi connectivity index (χ1n) is 6.41. The molecule has 0 bridgehead atoms. The second-order valence-corrected chi connectivity index (χ2v) is 5.22. The zero-order chi connectivity index (χ0) is 12.8. The van der Waals surface area contributed by atoms with Crippen molar-refractivity contribution in [3.8, 4) is 0 Å². The van der Waals surface area contributed by atoms with Crippen molar-refractivity contribution in [2.75, 3.05) is 5.32 Å². The number of thiocarbonyl (C=S) groups is 1. The summed E-state index contributed by atoms with van der Waals surface area (Å²) in [6.07, 6.45) is 4.72. The van der Waals surface area contributed by atoms with Gasteiger partial charge in [0.15, 0.2) is 5.11 Å². The Balaban J connectivity index is 1.83. The molecule has 1 aliphatic carbocycles. The van der Waals surface area contributed by atoms with Gasteiger partial charge in [-0.05, 0) is 56.0 Å². The Morgan fingerprint density at radius 1 is 1.33 bits per heavy atom. The fourth-order valence-corrected chi connectivity index (χ4v) is 2.34. The van der Waals surface area contributed by atoms with Crippen molar-refractivity contribution >= 4 is 28.7 Å². The summed E-state index contributed by atoms with van der Waals surface area (Å²) in [6, 6.07) is 9.87. The molecule has 1 saturated carbocycles. The number of para-hydroxylation sites is 1. The number of anilines is 1. The van der Waals surface area contributed by atoms with Crippen molar-refractivity contribution in [1.29, 1.82) is 0 Å². The van der Waals surface area contributed by atoms with Crippen molar-refractivity contribution in [3.63, 3.8) is 0 Å². The summed E-state index contributed by atoms with van der Waals surface area (Å²) >= 11 is 5.20. The van der Waals surface area contributed by atoms with Crippen molar-refractivity contribution in [1.82, 2.24) is 5.43 Å². The maximum atomic E-state index is 5.20. The molecule has 2 rings (SSSR count). The predicted octanol–water partition coefficient (Wildman–Crippen LogP) is 3.54. The summed E-state index contributed by atoms with van der Waals surface area (Å²) in [7, 11) is 0. The van der Waals surface area contributed by atoms with Crippen LogP contribution in [-0.4, -0.2) is 10.8 Å². The molecule has 96 valence electrons. The quantitative estimate of drug-likeness (QED) is 0.631. The second kappa shape index (κ2) is 6.50. The van der Waals surface area contributed by atoms with Gasteiger partial charge in [-0.25, -0.2) is 0 Å². The fourth-order valence-electron chi connectivity index (χ4n) is 2.17. The molecule has 0 saturated heterocycles. The SMILES string of the molecule is C[C@@H]1CCC/C(=N/NC(=S)Nc2ccccc2)C1. The third kappa shape index (κ3) is 4.11. The summed E-state index contributed by atoms with van der Waals surface area (Å²) in [5.41, 5.74) is 5.14. The van der Waals surface area contributed by atoms with Crippen molar-refractivity contribution in [2.24, 2.45) is 11.0 Å². The zero-order valence-corrected chi connectivity index (χ0v) is 11.5. The molecule has 3 nitrogen and oxygen atoms in total. The number of nitrogens with zero attached hydrogens (tertiary/aromatic N) is 1. The van der Waals surface area contributed by atoms with E-state index in [4.69, 9.17) is 12.2 Å². The van der Waals surface area contributed by atoms with Crippen LogP contribution in [0.15, 0.2) is 35.4 Å². The molecule has 1 fully saturated rings. The molecule has 1 aliphatic rings. The lowest BCUT2D eigenvalue weighted by molar-refractivity contribution is 0.498. The average Bonchev–Trinajstić information content (AvgIpc) is 2.38. The van der Waals surface area contributed by atoms with Gasteiger partial charge < -0.3 is 5.32 Å². The van der Waals surface area contributed by atoms with Crippen LogP contribution < -0.4 is 10.7 Å². The van der Waals surface area contributed by atoms with E-state index < -0.39 is 0 Å². The van der Waals surface area contributed by atoms with Gasteiger partial charge in [0.25, 0.3) is 0 Å². The van der Waals surface area contributed by atoms with Crippen LogP contribution in [-0.2, 0) is 0 Å². The third-order valence-electron chi connectivity index (χ3n) is 3.09. The first-order chi connectivity index (χ1) is 8.74. The van der Waals surface area contributed by atoms with E-state index in [1.165, 1.54) is 18.6 Å². The molecule has 1 atom stereocenters. The Morgan fingerprint density at radius 2 is 2.11 bits per heavy atom. The molecule has 18 heavy (non-hydrogen) atoms. The molecular formula is C14H19N3S. The fraction of sp³-hybridized carbons (Fsp3) is 0.429. The van der Waals surface area contributed by atoms with Gasteiger partial charge in [0.2, 0.25) is 0 Å². The minimum Gasteiger partial charge on any atom is -0.331 e. The minimum atomic E-state index is 0.548. The van der Waals surface area contributed by atoms with Gasteiger partial charge in [-0.2, -0.15) is 5.10 Å². The monoisotopic (exact) mass is 261 g/mol. The van der Waals surface area contributed by atoms with E-state index in [9.17, 15) is 0 Å². The molecule has 0 aromatic heterocycles. The smallest absolute Gasteiger partial charge is 0.191 e. The van der Waals surface area contributed by atoms with Gasteiger partial charge in [0.05, 0.1) is 0 Å². The first-order valence-corrected chi connectivity index (χ1v) is 6.82. The predicted molar refractivity (Wildman–Crippen MR) is 80.9 cm³/mol. The van der Waals surface area contributed by atoms with Crippen LogP contribution in [0.3, 0.4) is 0 Å². The van der Waals surface area contributed by atoms with E-state index in [1.807, 2.05) is 30.3 Å². The first kappa shape index (κ1) is 13.0. The molecule has 1 aromatic rings. The Kier molecular flexibility index (Phi) is 4.70. The lowest BCUT2D eigenvalue weighted by atomic mass is 9.89. The summed E-state index contributed by atoms with van der Waals surface area (Å²) in [4.78, 5) is 0. The van der Waals surface area contributed by atoms with Gasteiger partial charge >= 0.3 is 0 Å². The molecule has 0 spiro atoms. The molecule has 1 aromatic carbocycles. The summed E-state index contributed by atoms with van der Waals surface area (Å²) in [5.74, 6) is 0.745. The van der Waals surface area contributed by atoms with E-state index in [0.29, 0.717) is 5.11 Å². The highest BCUT2D eigenvalue weighted by atomic mass is 32.1. The molecule has 0 aliphatic heterocycles. The Morgan fingerprint density at radius 3 is 2.83 bits per heavy atom. The normalized spacial score (nSPS) is 21.6. The van der Waals surface area contributed by atoms with Crippen LogP contribution in [0.4, 0.5) is 5.69 Å². The Labute approximate surface area is 114 Å². The highest BCUT2D eigenvalue weighted by Crippen LogP contribution is 2.20. The van der Waals surface area contributed by atoms with E-state index in [2.05, 4.69) is 22.8 Å². The van der Waals surface area contributed by atoms with Gasteiger partial charge in [-0.3, -0.25) is 5.43 Å². The van der Waals surface area contributed by atoms with E-state index >= 15 is 0 Å². The van der Waals surface area contributed by atoms with Crippen LogP contribution in [0.25, 0.3) is 0 Å². The number of rotatable bonds is 2. The molecule has 2 N–H and O–H groups in total. The summed E-state index contributed by atoms with van der Waals surface area (Å²) < 4.78 is 0. The lowest BCUT2D eigenvalue weighted by Gasteiger charge is -2.19. The van der Waals surface area contributed by atoms with Crippen LogP contribution in [0.5, 0.6) is 0 Å². The van der Waals surface area contributed by atoms with Crippen LogP contribution in [0.1, 0.15) is 32.6 Å². The number of benzene rings is 1. The Hall–Kier alpha value is -1.42. The molecule has 0 radical (unpaired) electrons. The number of nitrogens with one attached hydrogen (secondary N) is 2. The highest BCUT2D eigenvalue weighted by molar-refractivity contribution is 7.80. The van der Waals surface area contributed by atoms with E-state index in [0.717, 1.165) is 24.4 Å². The van der Waals surface area contributed by atoms with Crippen LogP contribution >= 0.6 is 12.2 Å². The van der Waals surface area contributed by atoms with Gasteiger partial charge in [0.1, 0.15) is 0 Å². The number of hydrogen-bond acceptors (Lipinski definition) is 2. The maximum absolute atomic E-state index is 5.20. The molecule has 4 heteroatoms. The average molecular weight is 261 g/mol. The third-order valence-corrected chi connectivity index (χ3v) is 3.29. The Bertz CT molecular complexity index is 428. The van der Waals surface area contributed by atoms with Gasteiger partial charge in [0, 0.05) is 11.4 Å².